The van der Waals surface area contributed by atoms with E-state index in [-0.39, 0.29) is 18.1 Å². The zero-order valence-electron chi connectivity index (χ0n) is 15.6. The summed E-state index contributed by atoms with van der Waals surface area (Å²) in [7, 11) is 1.45. The third-order valence-electron chi connectivity index (χ3n) is 3.97. The van der Waals surface area contributed by atoms with Crippen molar-refractivity contribution in [3.8, 4) is 17.2 Å². The van der Waals surface area contributed by atoms with Crippen molar-refractivity contribution in [2.45, 2.75) is 0 Å². The summed E-state index contributed by atoms with van der Waals surface area (Å²) < 4.78 is 11.0. The monoisotopic (exact) mass is 393 g/mol. The van der Waals surface area contributed by atoms with E-state index in [4.69, 9.17) is 9.47 Å². The number of hydrogen-bond acceptors (Lipinski definition) is 6. The number of para-hydroxylation sites is 3. The smallest absolute Gasteiger partial charge is 0.271 e. The second-order valence-electron chi connectivity index (χ2n) is 5.95. The van der Waals surface area contributed by atoms with Crippen LogP contribution in [0.15, 0.2) is 72.8 Å². The van der Waals surface area contributed by atoms with E-state index in [0.717, 1.165) is 0 Å². The predicted octanol–water partition coefficient (Wildman–Crippen LogP) is 4.45. The highest BCUT2D eigenvalue weighted by molar-refractivity contribution is 5.95. The van der Waals surface area contributed by atoms with E-state index in [1.54, 1.807) is 24.3 Å². The summed E-state index contributed by atoms with van der Waals surface area (Å²) in [6, 6.07) is 20.4. The first-order valence-corrected chi connectivity index (χ1v) is 8.75. The topological polar surface area (TPSA) is 103 Å². The van der Waals surface area contributed by atoms with E-state index in [0.29, 0.717) is 28.6 Å². The van der Waals surface area contributed by atoms with Crippen LogP contribution in [0.25, 0.3) is 0 Å². The van der Waals surface area contributed by atoms with Crippen molar-refractivity contribution in [1.29, 1.82) is 0 Å². The van der Waals surface area contributed by atoms with Crippen LogP contribution in [0.3, 0.4) is 0 Å². The Kier molecular flexibility index (Phi) is 6.26. The maximum atomic E-state index is 12.4. The number of nitrogens with one attached hydrogen (secondary N) is 2. The highest BCUT2D eigenvalue weighted by Gasteiger charge is 2.13. The summed E-state index contributed by atoms with van der Waals surface area (Å²) >= 11 is 0. The highest BCUT2D eigenvalue weighted by atomic mass is 16.6. The predicted molar refractivity (Wildman–Crippen MR) is 110 cm³/mol. The van der Waals surface area contributed by atoms with Gasteiger partial charge in [0.2, 0.25) is 5.91 Å². The average Bonchev–Trinajstić information content (AvgIpc) is 2.74. The fourth-order valence-electron chi connectivity index (χ4n) is 2.59. The molecule has 0 atom stereocenters. The van der Waals surface area contributed by atoms with Crippen molar-refractivity contribution in [3.05, 3.63) is 82.9 Å². The van der Waals surface area contributed by atoms with Gasteiger partial charge in [-0.3, -0.25) is 14.9 Å². The summed E-state index contributed by atoms with van der Waals surface area (Å²) in [5, 5.41) is 16.6. The summed E-state index contributed by atoms with van der Waals surface area (Å²) in [6.45, 7) is -0.114. The van der Waals surface area contributed by atoms with E-state index in [2.05, 4.69) is 10.6 Å². The van der Waals surface area contributed by atoms with E-state index < -0.39 is 4.92 Å². The van der Waals surface area contributed by atoms with Crippen LogP contribution in [0.1, 0.15) is 0 Å². The van der Waals surface area contributed by atoms with E-state index in [1.165, 1.54) is 25.3 Å². The Bertz CT molecular complexity index is 1010. The number of carbonyl (C=O) groups excluding carboxylic acids is 1. The molecule has 8 heteroatoms. The largest absolute Gasteiger partial charge is 0.495 e. The zero-order chi connectivity index (χ0) is 20.6. The van der Waals surface area contributed by atoms with Crippen molar-refractivity contribution in [2.24, 2.45) is 0 Å². The van der Waals surface area contributed by atoms with Gasteiger partial charge in [0.05, 0.1) is 30.0 Å². The fourth-order valence-corrected chi connectivity index (χ4v) is 2.59. The van der Waals surface area contributed by atoms with Crippen LogP contribution in [0.5, 0.6) is 17.2 Å². The van der Waals surface area contributed by atoms with E-state index >= 15 is 0 Å². The van der Waals surface area contributed by atoms with Gasteiger partial charge in [-0.2, -0.15) is 0 Å². The SMILES string of the molecule is COc1ccc([N+](=O)[O-])cc1NCC(=O)Nc1ccccc1Oc1ccccc1. The lowest BCUT2D eigenvalue weighted by Crippen LogP contribution is -2.22. The standard InChI is InChI=1S/C21H19N3O5/c1-28-19-12-11-15(24(26)27)13-18(19)22-14-21(25)23-17-9-5-6-10-20(17)29-16-7-3-2-4-8-16/h2-13,22H,14H2,1H3,(H,23,25). The Hall–Kier alpha value is -4.07. The number of anilines is 2. The first kappa shape index (κ1) is 19.7. The molecule has 0 unspecified atom stereocenters. The Morgan fingerprint density at radius 1 is 0.966 bits per heavy atom. The fraction of sp³-hybridized carbons (Fsp3) is 0.0952. The van der Waals surface area contributed by atoms with Gasteiger partial charge in [-0.15, -0.1) is 0 Å². The van der Waals surface area contributed by atoms with Crippen LogP contribution < -0.4 is 20.1 Å². The average molecular weight is 393 g/mol. The van der Waals surface area contributed by atoms with Gasteiger partial charge >= 0.3 is 0 Å². The minimum atomic E-state index is -0.512. The molecule has 0 radical (unpaired) electrons. The maximum Gasteiger partial charge on any atom is 0.271 e. The first-order valence-electron chi connectivity index (χ1n) is 8.75. The molecular formula is C21H19N3O5. The van der Waals surface area contributed by atoms with Gasteiger partial charge < -0.3 is 20.1 Å². The molecule has 2 N–H and O–H groups in total. The van der Waals surface area contributed by atoms with Gasteiger partial charge in [-0.25, -0.2) is 0 Å². The second kappa shape index (κ2) is 9.23. The summed E-state index contributed by atoms with van der Waals surface area (Å²) in [5.74, 6) is 1.20. The molecule has 29 heavy (non-hydrogen) atoms. The molecular weight excluding hydrogens is 374 g/mol. The molecule has 8 nitrogen and oxygen atoms in total. The first-order chi connectivity index (χ1) is 14.1. The second-order valence-corrected chi connectivity index (χ2v) is 5.95. The molecule has 0 heterocycles. The number of benzene rings is 3. The number of nitro benzene ring substituents is 1. The number of nitrogens with zero attached hydrogens (tertiary/aromatic N) is 1. The minimum absolute atomic E-state index is 0.102. The number of rotatable bonds is 8. The van der Waals surface area contributed by atoms with Crippen molar-refractivity contribution >= 4 is 23.0 Å². The van der Waals surface area contributed by atoms with Crippen LogP contribution in [0.4, 0.5) is 17.1 Å². The van der Waals surface area contributed by atoms with Crippen LogP contribution in [0.2, 0.25) is 0 Å². The van der Waals surface area contributed by atoms with Crippen molar-refractivity contribution in [1.82, 2.24) is 0 Å². The highest BCUT2D eigenvalue weighted by Crippen LogP contribution is 2.30. The molecule has 1 amide bonds. The lowest BCUT2D eigenvalue weighted by atomic mass is 10.2. The summed E-state index contributed by atoms with van der Waals surface area (Å²) in [5.41, 5.74) is 0.759. The molecule has 0 saturated carbocycles. The van der Waals surface area contributed by atoms with Gasteiger partial charge in [0.1, 0.15) is 11.5 Å². The quantitative estimate of drug-likeness (QED) is 0.433. The number of carbonyl (C=O) groups is 1. The molecule has 3 rings (SSSR count). The number of non-ortho nitro benzene ring substituents is 1. The van der Waals surface area contributed by atoms with E-state index in [9.17, 15) is 14.9 Å². The molecule has 0 aromatic heterocycles. The molecule has 148 valence electrons. The third-order valence-corrected chi connectivity index (χ3v) is 3.97. The van der Waals surface area contributed by atoms with Crippen LogP contribution in [-0.2, 0) is 4.79 Å². The Morgan fingerprint density at radius 2 is 1.69 bits per heavy atom. The molecule has 0 fully saturated rings. The van der Waals surface area contributed by atoms with Gasteiger partial charge in [0.15, 0.2) is 5.75 Å². The number of hydrogen-bond donors (Lipinski definition) is 2. The normalized spacial score (nSPS) is 10.1. The van der Waals surface area contributed by atoms with Gasteiger partial charge in [-0.05, 0) is 30.3 Å². The van der Waals surface area contributed by atoms with Gasteiger partial charge in [-0.1, -0.05) is 30.3 Å². The molecule has 0 aliphatic rings. The molecule has 3 aromatic carbocycles. The van der Waals surface area contributed by atoms with Crippen molar-refractivity contribution in [2.75, 3.05) is 24.3 Å². The van der Waals surface area contributed by atoms with E-state index in [1.807, 2.05) is 30.3 Å². The van der Waals surface area contributed by atoms with Gasteiger partial charge in [0.25, 0.3) is 5.69 Å². The number of amides is 1. The summed E-state index contributed by atoms with van der Waals surface area (Å²) in [4.78, 5) is 22.9. The Labute approximate surface area is 167 Å². The Balaban J connectivity index is 1.68. The Morgan fingerprint density at radius 3 is 2.41 bits per heavy atom. The minimum Gasteiger partial charge on any atom is -0.495 e. The number of methoxy groups -OCH3 is 1. The lowest BCUT2D eigenvalue weighted by Gasteiger charge is -2.14. The molecule has 0 saturated heterocycles. The molecule has 0 bridgehead atoms. The van der Waals surface area contributed by atoms with Crippen LogP contribution in [0, 0.1) is 10.1 Å². The van der Waals surface area contributed by atoms with Crippen LogP contribution >= 0.6 is 0 Å². The van der Waals surface area contributed by atoms with Gasteiger partial charge in [0, 0.05) is 12.1 Å². The summed E-state index contributed by atoms with van der Waals surface area (Å²) in [6.07, 6.45) is 0. The molecule has 0 aliphatic carbocycles. The number of nitro groups is 1. The van der Waals surface area contributed by atoms with Crippen molar-refractivity contribution < 1.29 is 19.2 Å². The molecule has 0 aliphatic heterocycles. The maximum absolute atomic E-state index is 12.4. The lowest BCUT2D eigenvalue weighted by molar-refractivity contribution is -0.384. The molecule has 0 spiro atoms. The van der Waals surface area contributed by atoms with Crippen molar-refractivity contribution in [3.63, 3.8) is 0 Å². The molecule has 3 aromatic rings. The third kappa shape index (κ3) is 5.23. The van der Waals surface area contributed by atoms with Crippen LogP contribution in [-0.4, -0.2) is 24.5 Å². The zero-order valence-corrected chi connectivity index (χ0v) is 15.6. The number of ether oxygens (including phenoxy) is 2.